The van der Waals surface area contributed by atoms with Crippen LogP contribution in [0.15, 0.2) is 12.1 Å². The summed E-state index contributed by atoms with van der Waals surface area (Å²) in [6, 6.07) is 1.54. The predicted octanol–water partition coefficient (Wildman–Crippen LogP) is 2.60. The summed E-state index contributed by atoms with van der Waals surface area (Å²) in [5.74, 6) is -0.777. The number of ketones is 1. The van der Waals surface area contributed by atoms with Gasteiger partial charge in [-0.15, -0.1) is 0 Å². The van der Waals surface area contributed by atoms with Crippen molar-refractivity contribution < 1.29 is 22.7 Å². The molecule has 162 valence electrons. The highest BCUT2D eigenvalue weighted by atomic mass is 35.5. The van der Waals surface area contributed by atoms with E-state index in [1.807, 2.05) is 11.5 Å². The third-order valence-electron chi connectivity index (χ3n) is 5.29. The molecular formula is C20H24ClN3O5S. The van der Waals surface area contributed by atoms with Gasteiger partial charge in [0.1, 0.15) is 5.15 Å². The number of hydrogen-bond donors (Lipinski definition) is 0. The van der Waals surface area contributed by atoms with E-state index in [0.717, 1.165) is 5.69 Å². The van der Waals surface area contributed by atoms with Crippen LogP contribution in [0.25, 0.3) is 6.08 Å². The van der Waals surface area contributed by atoms with Gasteiger partial charge in [-0.3, -0.25) is 9.48 Å². The fourth-order valence-corrected chi connectivity index (χ4v) is 5.79. The number of halogens is 1. The third kappa shape index (κ3) is 4.52. The van der Waals surface area contributed by atoms with Crippen LogP contribution in [0.3, 0.4) is 0 Å². The summed E-state index contributed by atoms with van der Waals surface area (Å²) in [6.07, 6.45) is 3.24. The zero-order valence-electron chi connectivity index (χ0n) is 17.3. The van der Waals surface area contributed by atoms with Gasteiger partial charge >= 0.3 is 5.97 Å². The van der Waals surface area contributed by atoms with Crippen LogP contribution in [-0.2, 0) is 26.4 Å². The molecule has 30 heavy (non-hydrogen) atoms. The molecule has 1 unspecified atom stereocenters. The van der Waals surface area contributed by atoms with E-state index in [1.165, 1.54) is 16.8 Å². The van der Waals surface area contributed by atoms with E-state index < -0.39 is 22.4 Å². The van der Waals surface area contributed by atoms with E-state index in [0.29, 0.717) is 34.1 Å². The SMILES string of the molecule is Cc1nn(C)c(Cl)c1/C=C/C(=O)OCC(=O)c1cc(C)n(C2CCS(=O)(=O)C2)c1C. The first kappa shape index (κ1) is 22.3. The maximum absolute atomic E-state index is 12.6. The summed E-state index contributed by atoms with van der Waals surface area (Å²) in [7, 11) is -1.35. The van der Waals surface area contributed by atoms with Crippen molar-refractivity contribution in [1.82, 2.24) is 14.3 Å². The van der Waals surface area contributed by atoms with Crippen molar-refractivity contribution in [2.75, 3.05) is 18.1 Å². The molecule has 1 aliphatic rings. The average molecular weight is 454 g/mol. The van der Waals surface area contributed by atoms with Crippen LogP contribution < -0.4 is 0 Å². The topological polar surface area (TPSA) is 100 Å². The lowest BCUT2D eigenvalue weighted by Gasteiger charge is -2.16. The molecule has 0 spiro atoms. The van der Waals surface area contributed by atoms with Crippen LogP contribution in [0.1, 0.15) is 45.5 Å². The Morgan fingerprint density at radius 2 is 2.03 bits per heavy atom. The number of carbonyl (C=O) groups excluding carboxylic acids is 2. The van der Waals surface area contributed by atoms with Crippen LogP contribution in [0.2, 0.25) is 5.15 Å². The zero-order valence-corrected chi connectivity index (χ0v) is 18.9. The smallest absolute Gasteiger partial charge is 0.331 e. The molecule has 1 aliphatic heterocycles. The lowest BCUT2D eigenvalue weighted by molar-refractivity contribution is -0.136. The summed E-state index contributed by atoms with van der Waals surface area (Å²) >= 11 is 6.11. The number of rotatable bonds is 6. The monoisotopic (exact) mass is 453 g/mol. The highest BCUT2D eigenvalue weighted by Crippen LogP contribution is 2.29. The predicted molar refractivity (Wildman–Crippen MR) is 113 cm³/mol. The van der Waals surface area contributed by atoms with Crippen molar-refractivity contribution in [3.63, 3.8) is 0 Å². The molecule has 8 nitrogen and oxygen atoms in total. The molecule has 0 bridgehead atoms. The second kappa shape index (κ2) is 8.39. The lowest BCUT2D eigenvalue weighted by Crippen LogP contribution is -2.16. The van der Waals surface area contributed by atoms with E-state index in [9.17, 15) is 18.0 Å². The molecule has 0 aromatic carbocycles. The molecule has 1 atom stereocenters. The summed E-state index contributed by atoms with van der Waals surface area (Å²) in [5, 5.41) is 4.55. The van der Waals surface area contributed by atoms with Gasteiger partial charge < -0.3 is 9.30 Å². The van der Waals surface area contributed by atoms with E-state index in [1.54, 1.807) is 27.0 Å². The van der Waals surface area contributed by atoms with Gasteiger partial charge in [-0.05, 0) is 39.3 Å². The Morgan fingerprint density at radius 1 is 1.33 bits per heavy atom. The van der Waals surface area contributed by atoms with Gasteiger partial charge in [-0.2, -0.15) is 5.10 Å². The standard InChI is InChI=1S/C20H24ClN3O5S/c1-12-9-17(14(3)24(12)15-7-8-30(27,28)11-15)18(25)10-29-19(26)6-5-16-13(2)22-23(4)20(16)21/h5-6,9,15H,7-8,10-11H2,1-4H3/b6-5+. The van der Waals surface area contributed by atoms with Crippen molar-refractivity contribution in [3.8, 4) is 0 Å². The van der Waals surface area contributed by atoms with E-state index in [2.05, 4.69) is 5.10 Å². The number of sulfone groups is 1. The molecule has 0 radical (unpaired) electrons. The van der Waals surface area contributed by atoms with Crippen molar-refractivity contribution >= 4 is 39.3 Å². The number of aryl methyl sites for hydroxylation is 3. The van der Waals surface area contributed by atoms with Crippen molar-refractivity contribution in [2.45, 2.75) is 33.2 Å². The Labute approximate surface area is 180 Å². The Hall–Kier alpha value is -2.39. The van der Waals surface area contributed by atoms with Crippen LogP contribution in [0.5, 0.6) is 0 Å². The van der Waals surface area contributed by atoms with Crippen molar-refractivity contribution in [2.24, 2.45) is 7.05 Å². The first-order valence-corrected chi connectivity index (χ1v) is 11.7. The van der Waals surface area contributed by atoms with Gasteiger partial charge in [0.25, 0.3) is 0 Å². The number of hydrogen-bond acceptors (Lipinski definition) is 6. The van der Waals surface area contributed by atoms with Crippen molar-refractivity contribution in [1.29, 1.82) is 0 Å². The first-order chi connectivity index (χ1) is 14.0. The second-order valence-corrected chi connectivity index (χ2v) is 10.1. The minimum Gasteiger partial charge on any atom is -0.454 e. The number of carbonyl (C=O) groups is 2. The summed E-state index contributed by atoms with van der Waals surface area (Å²) in [5.41, 5.74) is 3.20. The molecule has 0 aliphatic carbocycles. The number of nitrogens with zero attached hydrogens (tertiary/aromatic N) is 3. The van der Waals surface area contributed by atoms with Gasteiger partial charge in [-0.25, -0.2) is 13.2 Å². The van der Waals surface area contributed by atoms with Gasteiger partial charge in [0, 0.05) is 41.7 Å². The summed E-state index contributed by atoms with van der Waals surface area (Å²) < 4.78 is 32.1. The molecule has 0 N–H and O–H groups in total. The van der Waals surface area contributed by atoms with Crippen LogP contribution >= 0.6 is 11.6 Å². The minimum atomic E-state index is -3.04. The Kier molecular flexibility index (Phi) is 6.24. The minimum absolute atomic E-state index is 0.0765. The Bertz CT molecular complexity index is 1140. The van der Waals surface area contributed by atoms with E-state index in [4.69, 9.17) is 16.3 Å². The number of ether oxygens (including phenoxy) is 1. The fraction of sp³-hybridized carbons (Fsp3) is 0.450. The number of Topliss-reactive ketones (excluding diaryl/α,β-unsaturated/α-hetero) is 1. The van der Waals surface area contributed by atoms with Gasteiger partial charge in [0.05, 0.1) is 17.2 Å². The molecule has 2 aromatic rings. The maximum Gasteiger partial charge on any atom is 0.331 e. The molecule has 3 heterocycles. The largest absolute Gasteiger partial charge is 0.454 e. The van der Waals surface area contributed by atoms with Gasteiger partial charge in [0.15, 0.2) is 16.4 Å². The highest BCUT2D eigenvalue weighted by Gasteiger charge is 2.31. The lowest BCUT2D eigenvalue weighted by atomic mass is 10.1. The van der Waals surface area contributed by atoms with Crippen LogP contribution in [-0.4, -0.2) is 52.6 Å². The zero-order chi connectivity index (χ0) is 22.2. The van der Waals surface area contributed by atoms with Crippen molar-refractivity contribution in [3.05, 3.63) is 45.5 Å². The van der Waals surface area contributed by atoms with Gasteiger partial charge in [-0.1, -0.05) is 11.6 Å². The molecule has 0 saturated carbocycles. The molecule has 3 rings (SSSR count). The third-order valence-corrected chi connectivity index (χ3v) is 7.48. The van der Waals surface area contributed by atoms with E-state index >= 15 is 0 Å². The molecular weight excluding hydrogens is 430 g/mol. The average Bonchev–Trinajstić information content (AvgIpc) is 3.25. The molecule has 1 saturated heterocycles. The van der Waals surface area contributed by atoms with E-state index in [-0.39, 0.29) is 23.3 Å². The quantitative estimate of drug-likeness (QED) is 0.378. The van der Waals surface area contributed by atoms with Crippen LogP contribution in [0, 0.1) is 20.8 Å². The second-order valence-electron chi connectivity index (χ2n) is 7.49. The molecule has 0 amide bonds. The molecule has 2 aromatic heterocycles. The summed E-state index contributed by atoms with van der Waals surface area (Å²) in [6.45, 7) is 4.98. The first-order valence-electron chi connectivity index (χ1n) is 9.46. The fourth-order valence-electron chi connectivity index (χ4n) is 3.85. The maximum atomic E-state index is 12.6. The Morgan fingerprint density at radius 3 is 2.60 bits per heavy atom. The van der Waals surface area contributed by atoms with Crippen LogP contribution in [0.4, 0.5) is 0 Å². The summed E-state index contributed by atoms with van der Waals surface area (Å²) in [4.78, 5) is 24.6. The highest BCUT2D eigenvalue weighted by molar-refractivity contribution is 7.91. The Balaban J connectivity index is 1.66. The number of esters is 1. The van der Waals surface area contributed by atoms with Gasteiger partial charge in [0.2, 0.25) is 5.78 Å². The molecule has 10 heteroatoms. The molecule has 1 fully saturated rings. The number of aromatic nitrogens is 3. The normalized spacial score (nSPS) is 18.2.